The first-order valence-electron chi connectivity index (χ1n) is 9.78. The minimum absolute atomic E-state index is 0.0107. The molecule has 152 valence electrons. The monoisotopic (exact) mass is 394 g/mol. The van der Waals surface area contributed by atoms with E-state index in [1.165, 1.54) is 7.11 Å². The number of benzene rings is 2. The van der Waals surface area contributed by atoms with Crippen molar-refractivity contribution in [3.63, 3.8) is 0 Å². The number of esters is 1. The molecule has 0 saturated heterocycles. The average molecular weight is 394 g/mol. The van der Waals surface area contributed by atoms with E-state index in [9.17, 15) is 14.4 Å². The predicted octanol–water partition coefficient (Wildman–Crippen LogP) is 3.35. The van der Waals surface area contributed by atoms with Crippen LogP contribution in [-0.4, -0.2) is 31.4 Å². The van der Waals surface area contributed by atoms with Crippen LogP contribution in [0.3, 0.4) is 0 Å². The lowest BCUT2D eigenvalue weighted by Crippen LogP contribution is -2.38. The molecule has 6 heteroatoms. The Morgan fingerprint density at radius 3 is 2.34 bits per heavy atom. The molecule has 29 heavy (non-hydrogen) atoms. The van der Waals surface area contributed by atoms with E-state index < -0.39 is 11.4 Å². The molecule has 2 aromatic carbocycles. The summed E-state index contributed by atoms with van der Waals surface area (Å²) in [6.07, 6.45) is 3.72. The molecule has 0 aliphatic heterocycles. The number of carbonyl (C=O) groups is 3. The molecule has 0 spiro atoms. The number of hydrogen-bond acceptors (Lipinski definition) is 4. The number of rotatable bonds is 6. The molecule has 1 aliphatic carbocycles. The molecule has 1 fully saturated rings. The zero-order valence-corrected chi connectivity index (χ0v) is 16.8. The molecule has 2 amide bonds. The zero-order chi connectivity index (χ0) is 20.9. The highest BCUT2D eigenvalue weighted by molar-refractivity contribution is 6.00. The molecule has 0 unspecified atom stereocenters. The standard InChI is InChI=1S/C23H26N2O4/c1-16-6-5-7-18(14-16)23(12-3-4-13-23)22(28)25-19-10-8-17(9-11-19)21(27)24-15-20(26)29-2/h5-11,14H,3-4,12-13,15H2,1-2H3,(H,24,27)(H,25,28). The van der Waals surface area contributed by atoms with Gasteiger partial charge in [0.05, 0.1) is 12.5 Å². The third-order valence-electron chi connectivity index (χ3n) is 5.49. The Hall–Kier alpha value is -3.15. The molecule has 0 radical (unpaired) electrons. The van der Waals surface area contributed by atoms with Crippen molar-refractivity contribution in [2.24, 2.45) is 0 Å². The molecule has 2 N–H and O–H groups in total. The van der Waals surface area contributed by atoms with E-state index in [-0.39, 0.29) is 18.4 Å². The van der Waals surface area contributed by atoms with E-state index in [2.05, 4.69) is 21.4 Å². The van der Waals surface area contributed by atoms with Crippen LogP contribution in [0, 0.1) is 6.92 Å². The van der Waals surface area contributed by atoms with Gasteiger partial charge in [0.2, 0.25) is 5.91 Å². The highest BCUT2D eigenvalue weighted by Gasteiger charge is 2.42. The van der Waals surface area contributed by atoms with E-state index in [1.54, 1.807) is 24.3 Å². The topological polar surface area (TPSA) is 84.5 Å². The molecule has 0 atom stereocenters. The van der Waals surface area contributed by atoms with Gasteiger partial charge in [0.25, 0.3) is 5.91 Å². The fourth-order valence-electron chi connectivity index (χ4n) is 3.85. The summed E-state index contributed by atoms with van der Waals surface area (Å²) < 4.78 is 4.50. The minimum Gasteiger partial charge on any atom is -0.468 e. The van der Waals surface area contributed by atoms with Gasteiger partial charge in [-0.1, -0.05) is 42.7 Å². The van der Waals surface area contributed by atoms with Gasteiger partial charge in [-0.3, -0.25) is 14.4 Å². The van der Waals surface area contributed by atoms with Crippen LogP contribution in [0.5, 0.6) is 0 Å². The van der Waals surface area contributed by atoms with Gasteiger partial charge in [-0.2, -0.15) is 0 Å². The van der Waals surface area contributed by atoms with Crippen LogP contribution in [0.4, 0.5) is 5.69 Å². The number of nitrogens with one attached hydrogen (secondary N) is 2. The Labute approximate surface area is 170 Å². The zero-order valence-electron chi connectivity index (χ0n) is 16.8. The predicted molar refractivity (Wildman–Crippen MR) is 111 cm³/mol. The van der Waals surface area contributed by atoms with E-state index in [1.807, 2.05) is 25.1 Å². The molecule has 2 aromatic rings. The largest absolute Gasteiger partial charge is 0.468 e. The summed E-state index contributed by atoms with van der Waals surface area (Å²) in [4.78, 5) is 36.4. The Morgan fingerprint density at radius 2 is 1.72 bits per heavy atom. The van der Waals surface area contributed by atoms with Crippen molar-refractivity contribution < 1.29 is 19.1 Å². The van der Waals surface area contributed by atoms with Gasteiger partial charge in [-0.05, 0) is 49.6 Å². The first kappa shape index (κ1) is 20.6. The third-order valence-corrected chi connectivity index (χ3v) is 5.49. The lowest BCUT2D eigenvalue weighted by Gasteiger charge is -2.28. The van der Waals surface area contributed by atoms with E-state index >= 15 is 0 Å². The van der Waals surface area contributed by atoms with Crippen LogP contribution >= 0.6 is 0 Å². The van der Waals surface area contributed by atoms with Crippen LogP contribution in [0.1, 0.15) is 47.2 Å². The molecule has 1 aliphatic rings. The van der Waals surface area contributed by atoms with Gasteiger partial charge < -0.3 is 15.4 Å². The van der Waals surface area contributed by atoms with Crippen LogP contribution < -0.4 is 10.6 Å². The summed E-state index contributed by atoms with van der Waals surface area (Å²) in [5, 5.41) is 5.51. The first-order chi connectivity index (χ1) is 13.9. The van der Waals surface area contributed by atoms with Crippen molar-refractivity contribution in [1.29, 1.82) is 0 Å². The lowest BCUT2D eigenvalue weighted by molar-refractivity contribution is -0.139. The Morgan fingerprint density at radius 1 is 1.03 bits per heavy atom. The Bertz CT molecular complexity index is 899. The van der Waals surface area contributed by atoms with E-state index in [0.717, 1.165) is 36.8 Å². The Balaban J connectivity index is 1.71. The molecule has 0 heterocycles. The third kappa shape index (κ3) is 4.65. The summed E-state index contributed by atoms with van der Waals surface area (Å²) in [5.74, 6) is -0.899. The van der Waals surface area contributed by atoms with E-state index in [0.29, 0.717) is 11.3 Å². The summed E-state index contributed by atoms with van der Waals surface area (Å²) in [5.41, 5.74) is 2.73. The van der Waals surface area contributed by atoms with Crippen molar-refractivity contribution in [2.75, 3.05) is 19.0 Å². The number of anilines is 1. The van der Waals surface area contributed by atoms with Gasteiger partial charge in [-0.15, -0.1) is 0 Å². The van der Waals surface area contributed by atoms with Gasteiger partial charge in [0.1, 0.15) is 6.54 Å². The Kier molecular flexibility index (Phi) is 6.32. The molecule has 0 aromatic heterocycles. The van der Waals surface area contributed by atoms with Gasteiger partial charge in [0, 0.05) is 11.3 Å². The molecular formula is C23H26N2O4. The SMILES string of the molecule is COC(=O)CNC(=O)c1ccc(NC(=O)C2(c3cccc(C)c3)CCCC2)cc1. The molecule has 0 bridgehead atoms. The second kappa shape index (κ2) is 8.90. The van der Waals surface area contributed by atoms with Crippen molar-refractivity contribution in [3.8, 4) is 0 Å². The smallest absolute Gasteiger partial charge is 0.325 e. The summed E-state index contributed by atoms with van der Waals surface area (Å²) in [6.45, 7) is 1.85. The number of aryl methyl sites for hydroxylation is 1. The lowest BCUT2D eigenvalue weighted by atomic mass is 9.77. The van der Waals surface area contributed by atoms with E-state index in [4.69, 9.17) is 0 Å². The van der Waals surface area contributed by atoms with Crippen molar-refractivity contribution in [3.05, 3.63) is 65.2 Å². The van der Waals surface area contributed by atoms with Crippen LogP contribution in [0.2, 0.25) is 0 Å². The summed E-state index contributed by atoms with van der Waals surface area (Å²) in [6, 6.07) is 14.8. The molecule has 1 saturated carbocycles. The molecule has 6 nitrogen and oxygen atoms in total. The quantitative estimate of drug-likeness (QED) is 0.736. The average Bonchev–Trinajstić information content (AvgIpc) is 3.23. The number of carbonyl (C=O) groups excluding carboxylic acids is 3. The second-order valence-corrected chi connectivity index (χ2v) is 7.45. The number of amides is 2. The number of ether oxygens (including phenoxy) is 1. The molecular weight excluding hydrogens is 368 g/mol. The molecule has 3 rings (SSSR count). The van der Waals surface area contributed by atoms with Gasteiger partial charge >= 0.3 is 5.97 Å². The van der Waals surface area contributed by atoms with Gasteiger partial charge in [-0.25, -0.2) is 0 Å². The van der Waals surface area contributed by atoms with Crippen molar-refractivity contribution in [2.45, 2.75) is 38.0 Å². The number of methoxy groups -OCH3 is 1. The summed E-state index contributed by atoms with van der Waals surface area (Å²) >= 11 is 0. The fourth-order valence-corrected chi connectivity index (χ4v) is 3.85. The van der Waals surface area contributed by atoms with Gasteiger partial charge in [0.15, 0.2) is 0 Å². The highest BCUT2D eigenvalue weighted by Crippen LogP contribution is 2.42. The summed E-state index contributed by atoms with van der Waals surface area (Å²) in [7, 11) is 1.26. The second-order valence-electron chi connectivity index (χ2n) is 7.45. The first-order valence-corrected chi connectivity index (χ1v) is 9.78. The normalized spacial score (nSPS) is 14.8. The van der Waals surface area contributed by atoms with Crippen LogP contribution in [0.15, 0.2) is 48.5 Å². The van der Waals surface area contributed by atoms with Crippen LogP contribution in [-0.2, 0) is 19.7 Å². The minimum atomic E-state index is -0.514. The highest BCUT2D eigenvalue weighted by atomic mass is 16.5. The maximum absolute atomic E-state index is 13.2. The number of hydrogen-bond donors (Lipinski definition) is 2. The maximum atomic E-state index is 13.2. The maximum Gasteiger partial charge on any atom is 0.325 e. The van der Waals surface area contributed by atoms with Crippen molar-refractivity contribution in [1.82, 2.24) is 5.32 Å². The van der Waals surface area contributed by atoms with Crippen molar-refractivity contribution >= 4 is 23.5 Å². The fraction of sp³-hybridized carbons (Fsp3) is 0.348. The van der Waals surface area contributed by atoms with Crippen LogP contribution in [0.25, 0.3) is 0 Å².